The predicted octanol–water partition coefficient (Wildman–Crippen LogP) is 5.02. The number of anilines is 1. The van der Waals surface area contributed by atoms with Crippen molar-refractivity contribution in [3.63, 3.8) is 0 Å². The standard InChI is InChI=1S/C42H54N8O6S2/c1-50(2)22-12-10-17-33(44-25-31(23-28-13-5-3-6-14-28)46-42(55)56-26-29-15-7-4-8-16-29)37(51)47-34(18-9-11-21-43)38(52)45-30-19-20-32-36(24-30)58-40(48-32)39-49-35(27-57-39)41(53)54/h3-8,13-16,19-20,24,31,33-35,44H,9-12,17-18,21-23,25-27,43H2,1-2H3,(H,45,52)(H,46,55)(H,47,51)(H,53,54). The molecule has 0 aliphatic carbocycles. The summed E-state index contributed by atoms with van der Waals surface area (Å²) in [6.45, 7) is 1.74. The lowest BCUT2D eigenvalue weighted by Crippen LogP contribution is -2.54. The highest BCUT2D eigenvalue weighted by atomic mass is 32.2. The SMILES string of the molecule is CN(C)CCCCC(NCC(Cc1ccccc1)NC(=O)OCc1ccccc1)C(=O)NC(CCCCN)C(=O)Nc1ccc2nc(C3=NC(C(=O)O)CS3)sc2c1. The molecule has 310 valence electrons. The maximum atomic E-state index is 14.1. The zero-order valence-electron chi connectivity index (χ0n) is 33.0. The van der Waals surface area contributed by atoms with E-state index >= 15 is 0 Å². The van der Waals surface area contributed by atoms with Gasteiger partial charge in [-0.15, -0.1) is 23.1 Å². The Hall–Kier alpha value is -4.87. The molecule has 0 saturated heterocycles. The van der Waals surface area contributed by atoms with Crippen LogP contribution in [0.15, 0.2) is 83.9 Å². The number of carbonyl (C=O) groups is 4. The molecule has 0 spiro atoms. The van der Waals surface area contributed by atoms with Crippen LogP contribution in [0.2, 0.25) is 0 Å². The number of hydrogen-bond acceptors (Lipinski definition) is 12. The summed E-state index contributed by atoms with van der Waals surface area (Å²) in [6, 6.07) is 22.0. The zero-order valence-corrected chi connectivity index (χ0v) is 34.7. The van der Waals surface area contributed by atoms with E-state index in [0.717, 1.165) is 35.2 Å². The molecular formula is C42H54N8O6S2. The van der Waals surface area contributed by atoms with E-state index in [1.807, 2.05) is 80.8 Å². The minimum atomic E-state index is -0.964. The molecule has 7 N–H and O–H groups in total. The van der Waals surface area contributed by atoms with Crippen molar-refractivity contribution in [3.8, 4) is 0 Å². The number of thioether (sulfide) groups is 1. The first-order valence-electron chi connectivity index (χ1n) is 19.6. The number of alkyl carbamates (subject to hydrolysis) is 1. The van der Waals surface area contributed by atoms with Crippen LogP contribution in [0.5, 0.6) is 0 Å². The number of ether oxygens (including phenoxy) is 1. The molecular weight excluding hydrogens is 777 g/mol. The van der Waals surface area contributed by atoms with Gasteiger partial charge in [0.2, 0.25) is 11.8 Å². The number of aromatic nitrogens is 1. The molecule has 0 radical (unpaired) electrons. The van der Waals surface area contributed by atoms with Crippen LogP contribution < -0.4 is 27.0 Å². The van der Waals surface area contributed by atoms with E-state index in [0.29, 0.717) is 65.7 Å². The summed E-state index contributed by atoms with van der Waals surface area (Å²) < 4.78 is 6.35. The Morgan fingerprint density at radius 2 is 1.60 bits per heavy atom. The normalized spacial score (nSPS) is 15.4. The van der Waals surface area contributed by atoms with Gasteiger partial charge >= 0.3 is 12.1 Å². The lowest BCUT2D eigenvalue weighted by atomic mass is 10.0. The number of carboxylic acids is 1. The van der Waals surface area contributed by atoms with Gasteiger partial charge in [-0.25, -0.2) is 14.6 Å². The molecule has 0 saturated carbocycles. The zero-order chi connectivity index (χ0) is 41.3. The molecule has 0 bridgehead atoms. The molecule has 1 aromatic heterocycles. The number of thiazole rings is 1. The Balaban J connectivity index is 1.27. The second-order valence-electron chi connectivity index (χ2n) is 14.5. The topological polar surface area (TPSA) is 200 Å². The van der Waals surface area contributed by atoms with Gasteiger partial charge in [-0.2, -0.15) is 0 Å². The fourth-order valence-electron chi connectivity index (χ4n) is 6.37. The van der Waals surface area contributed by atoms with Crippen molar-refractivity contribution in [3.05, 3.63) is 95.0 Å². The number of carboxylic acid groups (broad SMARTS) is 1. The lowest BCUT2D eigenvalue weighted by molar-refractivity contribution is -0.137. The van der Waals surface area contributed by atoms with Gasteiger partial charge in [0, 0.05) is 24.0 Å². The van der Waals surface area contributed by atoms with Gasteiger partial charge in [-0.1, -0.05) is 67.1 Å². The quantitative estimate of drug-likeness (QED) is 0.0549. The minimum absolute atomic E-state index is 0.131. The van der Waals surface area contributed by atoms with Crippen molar-refractivity contribution in [2.75, 3.05) is 44.8 Å². The number of aliphatic imine (C=N–C) groups is 1. The van der Waals surface area contributed by atoms with E-state index in [1.54, 1.807) is 12.1 Å². The Kier molecular flexibility index (Phi) is 17.5. The number of unbranched alkanes of at least 4 members (excludes halogenated alkanes) is 2. The van der Waals surface area contributed by atoms with Crippen molar-refractivity contribution in [1.82, 2.24) is 25.8 Å². The number of amides is 3. The molecule has 0 fully saturated rings. The maximum absolute atomic E-state index is 14.1. The van der Waals surface area contributed by atoms with Crippen LogP contribution in [0.3, 0.4) is 0 Å². The molecule has 1 aliphatic heterocycles. The molecule has 3 amide bonds. The highest BCUT2D eigenvalue weighted by Crippen LogP contribution is 2.31. The van der Waals surface area contributed by atoms with E-state index < -0.39 is 36.2 Å². The third-order valence-corrected chi connectivity index (χ3v) is 11.7. The third kappa shape index (κ3) is 14.2. The first-order valence-corrected chi connectivity index (χ1v) is 21.4. The van der Waals surface area contributed by atoms with Crippen LogP contribution >= 0.6 is 23.1 Å². The van der Waals surface area contributed by atoms with Crippen LogP contribution in [-0.2, 0) is 32.1 Å². The van der Waals surface area contributed by atoms with E-state index in [9.17, 15) is 24.3 Å². The van der Waals surface area contributed by atoms with Crippen molar-refractivity contribution >= 4 is 67.9 Å². The summed E-state index contributed by atoms with van der Waals surface area (Å²) in [4.78, 5) is 63.5. The van der Waals surface area contributed by atoms with Gasteiger partial charge in [-0.05, 0) is 95.0 Å². The number of nitrogens with two attached hydrogens (primary N) is 1. The summed E-state index contributed by atoms with van der Waals surface area (Å²) in [6.07, 6.45) is 3.84. The van der Waals surface area contributed by atoms with Crippen LogP contribution in [0, 0.1) is 0 Å². The Morgan fingerprint density at radius 1 is 0.897 bits per heavy atom. The van der Waals surface area contributed by atoms with Gasteiger partial charge in [0.15, 0.2) is 6.04 Å². The van der Waals surface area contributed by atoms with E-state index in [-0.39, 0.29) is 25.0 Å². The predicted molar refractivity (Wildman–Crippen MR) is 231 cm³/mol. The Labute approximate surface area is 347 Å². The molecule has 5 rings (SSSR count). The fraction of sp³-hybridized carbons (Fsp3) is 0.429. The monoisotopic (exact) mass is 830 g/mol. The lowest BCUT2D eigenvalue weighted by Gasteiger charge is -2.26. The highest BCUT2D eigenvalue weighted by Gasteiger charge is 2.28. The van der Waals surface area contributed by atoms with Gasteiger partial charge in [0.05, 0.1) is 16.3 Å². The van der Waals surface area contributed by atoms with Crippen LogP contribution in [0.25, 0.3) is 10.2 Å². The first kappa shape index (κ1) is 44.2. The van der Waals surface area contributed by atoms with Crippen molar-refractivity contribution in [2.24, 2.45) is 10.7 Å². The molecule has 4 unspecified atom stereocenters. The summed E-state index contributed by atoms with van der Waals surface area (Å²) >= 11 is 2.74. The smallest absolute Gasteiger partial charge is 0.407 e. The minimum Gasteiger partial charge on any atom is -0.480 e. The molecule has 2 heterocycles. The Morgan fingerprint density at radius 3 is 2.29 bits per heavy atom. The summed E-state index contributed by atoms with van der Waals surface area (Å²) in [7, 11) is 4.02. The highest BCUT2D eigenvalue weighted by molar-refractivity contribution is 8.15. The molecule has 1 aliphatic rings. The van der Waals surface area contributed by atoms with Gasteiger partial charge in [0.25, 0.3) is 0 Å². The van der Waals surface area contributed by atoms with E-state index in [4.69, 9.17) is 10.5 Å². The summed E-state index contributed by atoms with van der Waals surface area (Å²) in [5.41, 5.74) is 8.95. The number of nitrogens with one attached hydrogen (secondary N) is 4. The van der Waals surface area contributed by atoms with E-state index in [2.05, 4.69) is 36.1 Å². The van der Waals surface area contributed by atoms with Crippen molar-refractivity contribution in [1.29, 1.82) is 0 Å². The van der Waals surface area contributed by atoms with E-state index in [1.165, 1.54) is 23.1 Å². The van der Waals surface area contributed by atoms with Gasteiger partial charge in [-0.3, -0.25) is 14.6 Å². The number of fused-ring (bicyclic) bond motifs is 1. The average Bonchev–Trinajstić information content (AvgIpc) is 3.88. The maximum Gasteiger partial charge on any atom is 0.407 e. The third-order valence-electron chi connectivity index (χ3n) is 9.49. The number of hydrogen-bond donors (Lipinski definition) is 6. The van der Waals surface area contributed by atoms with Gasteiger partial charge in [0.1, 0.15) is 22.7 Å². The first-order chi connectivity index (χ1) is 28.1. The van der Waals surface area contributed by atoms with Crippen molar-refractivity contribution in [2.45, 2.75) is 75.7 Å². The number of benzene rings is 3. The second-order valence-corrected chi connectivity index (χ2v) is 16.5. The van der Waals surface area contributed by atoms with Crippen LogP contribution in [0.4, 0.5) is 10.5 Å². The van der Waals surface area contributed by atoms with Crippen LogP contribution in [-0.4, -0.2) is 108 Å². The second kappa shape index (κ2) is 22.9. The average molecular weight is 831 g/mol. The van der Waals surface area contributed by atoms with Crippen LogP contribution in [0.1, 0.15) is 54.7 Å². The summed E-state index contributed by atoms with van der Waals surface area (Å²) in [5, 5.41) is 23.0. The number of rotatable bonds is 23. The molecule has 58 heavy (non-hydrogen) atoms. The molecule has 4 aromatic rings. The summed E-state index contributed by atoms with van der Waals surface area (Å²) in [5.74, 6) is -1.26. The van der Waals surface area contributed by atoms with Gasteiger partial charge < -0.3 is 41.7 Å². The fourth-order valence-corrected chi connectivity index (χ4v) is 8.47. The number of aliphatic carboxylic acids is 1. The number of nitrogens with zero attached hydrogens (tertiary/aromatic N) is 3. The Bertz CT molecular complexity index is 1980. The molecule has 3 aromatic carbocycles. The molecule has 16 heteroatoms. The number of carbonyl (C=O) groups excluding carboxylic acids is 3. The van der Waals surface area contributed by atoms with Crippen molar-refractivity contribution < 1.29 is 29.0 Å². The molecule has 14 nitrogen and oxygen atoms in total. The molecule has 4 atom stereocenters. The largest absolute Gasteiger partial charge is 0.480 e.